The second-order valence-corrected chi connectivity index (χ2v) is 5.66. The van der Waals surface area contributed by atoms with Crippen LogP contribution in [-0.4, -0.2) is 30.1 Å². The summed E-state index contributed by atoms with van der Waals surface area (Å²) in [6.45, 7) is 0.622. The first-order chi connectivity index (χ1) is 13.2. The van der Waals surface area contributed by atoms with E-state index in [1.54, 1.807) is 57.1 Å². The third-order valence-electron chi connectivity index (χ3n) is 3.89. The van der Waals surface area contributed by atoms with E-state index in [1.807, 2.05) is 18.2 Å². The molecule has 0 atom stereocenters. The average molecular weight is 364 g/mol. The van der Waals surface area contributed by atoms with Crippen LogP contribution in [0.4, 0.5) is 11.4 Å². The fourth-order valence-electron chi connectivity index (χ4n) is 2.47. The number of pyridine rings is 2. The molecule has 1 amide bonds. The lowest BCUT2D eigenvalue weighted by Gasteiger charge is -2.12. The Balaban J connectivity index is 1.72. The lowest BCUT2D eigenvalue weighted by molar-refractivity contribution is 0.102. The van der Waals surface area contributed by atoms with Crippen LogP contribution in [0.5, 0.6) is 11.5 Å². The van der Waals surface area contributed by atoms with Gasteiger partial charge in [-0.05, 0) is 42.0 Å². The van der Waals surface area contributed by atoms with Crippen LogP contribution in [0.15, 0.2) is 61.1 Å². The maximum Gasteiger partial charge on any atom is 0.274 e. The molecule has 0 spiro atoms. The minimum absolute atomic E-state index is 0.291. The van der Waals surface area contributed by atoms with Crippen LogP contribution >= 0.6 is 0 Å². The van der Waals surface area contributed by atoms with Crippen molar-refractivity contribution in [3.8, 4) is 11.5 Å². The minimum atomic E-state index is -0.339. The summed E-state index contributed by atoms with van der Waals surface area (Å²) < 4.78 is 10.5. The third-order valence-corrected chi connectivity index (χ3v) is 3.89. The molecule has 138 valence electrons. The van der Waals surface area contributed by atoms with Crippen molar-refractivity contribution < 1.29 is 14.3 Å². The highest BCUT2D eigenvalue weighted by Gasteiger charge is 2.12. The summed E-state index contributed by atoms with van der Waals surface area (Å²) in [5, 5.41) is 6.08. The van der Waals surface area contributed by atoms with Gasteiger partial charge in [-0.25, -0.2) is 0 Å². The van der Waals surface area contributed by atoms with Crippen molar-refractivity contribution in [2.45, 2.75) is 6.54 Å². The molecule has 7 nitrogen and oxygen atoms in total. The number of anilines is 2. The zero-order valence-corrected chi connectivity index (χ0v) is 15.1. The normalized spacial score (nSPS) is 10.1. The van der Waals surface area contributed by atoms with E-state index in [4.69, 9.17) is 9.47 Å². The van der Waals surface area contributed by atoms with Crippen LogP contribution in [0.1, 0.15) is 16.1 Å². The van der Waals surface area contributed by atoms with Gasteiger partial charge in [0.15, 0.2) is 0 Å². The van der Waals surface area contributed by atoms with E-state index in [0.29, 0.717) is 29.4 Å². The number of ether oxygens (including phenoxy) is 2. The monoisotopic (exact) mass is 364 g/mol. The maximum absolute atomic E-state index is 12.6. The summed E-state index contributed by atoms with van der Waals surface area (Å²) in [7, 11) is 3.10. The summed E-state index contributed by atoms with van der Waals surface area (Å²) in [5.41, 5.74) is 2.69. The average Bonchev–Trinajstić information content (AvgIpc) is 2.73. The largest absolute Gasteiger partial charge is 0.497 e. The van der Waals surface area contributed by atoms with E-state index < -0.39 is 0 Å². The molecule has 0 unspecified atom stereocenters. The standard InChI is InChI=1S/C20H20N4O3/c1-26-16-3-4-19(27-2)17(12-16)24-20(25)18-11-15(7-10-22-18)23-13-14-5-8-21-9-6-14/h3-12H,13H2,1-2H3,(H,22,23)(H,24,25). The SMILES string of the molecule is COc1ccc(OC)c(NC(=O)c2cc(NCc3ccncc3)ccn2)c1. The zero-order valence-electron chi connectivity index (χ0n) is 15.1. The molecule has 2 aromatic heterocycles. The first-order valence-electron chi connectivity index (χ1n) is 8.32. The predicted molar refractivity (Wildman–Crippen MR) is 103 cm³/mol. The van der Waals surface area contributed by atoms with Gasteiger partial charge in [-0.15, -0.1) is 0 Å². The van der Waals surface area contributed by atoms with E-state index in [0.717, 1.165) is 11.3 Å². The first kappa shape index (κ1) is 18.2. The van der Waals surface area contributed by atoms with Crippen molar-refractivity contribution in [2.24, 2.45) is 0 Å². The van der Waals surface area contributed by atoms with Crippen LogP contribution in [0.2, 0.25) is 0 Å². The number of nitrogens with zero attached hydrogens (tertiary/aromatic N) is 2. The molecule has 0 fully saturated rings. The number of carbonyl (C=O) groups excluding carboxylic acids is 1. The molecule has 2 heterocycles. The number of benzene rings is 1. The predicted octanol–water partition coefficient (Wildman–Crippen LogP) is 3.36. The molecule has 3 aromatic rings. The van der Waals surface area contributed by atoms with Crippen LogP contribution in [-0.2, 0) is 6.54 Å². The quantitative estimate of drug-likeness (QED) is 0.669. The molecule has 0 aliphatic rings. The molecular weight excluding hydrogens is 344 g/mol. The highest BCUT2D eigenvalue weighted by Crippen LogP contribution is 2.29. The highest BCUT2D eigenvalue weighted by atomic mass is 16.5. The summed E-state index contributed by atoms with van der Waals surface area (Å²) >= 11 is 0. The first-order valence-corrected chi connectivity index (χ1v) is 8.32. The van der Waals surface area contributed by atoms with Crippen LogP contribution in [0.3, 0.4) is 0 Å². The highest BCUT2D eigenvalue weighted by molar-refractivity contribution is 6.04. The van der Waals surface area contributed by atoms with Crippen molar-refractivity contribution in [3.05, 3.63) is 72.3 Å². The minimum Gasteiger partial charge on any atom is -0.497 e. The number of nitrogens with one attached hydrogen (secondary N) is 2. The molecule has 2 N–H and O–H groups in total. The van der Waals surface area contributed by atoms with Crippen molar-refractivity contribution in [3.63, 3.8) is 0 Å². The van der Waals surface area contributed by atoms with Gasteiger partial charge in [0.25, 0.3) is 5.91 Å². The molecule has 27 heavy (non-hydrogen) atoms. The maximum atomic E-state index is 12.6. The number of hydrogen-bond donors (Lipinski definition) is 2. The van der Waals surface area contributed by atoms with Gasteiger partial charge in [0.05, 0.1) is 19.9 Å². The smallest absolute Gasteiger partial charge is 0.274 e. The van der Waals surface area contributed by atoms with Crippen molar-refractivity contribution >= 4 is 17.3 Å². The van der Waals surface area contributed by atoms with Gasteiger partial charge in [0.1, 0.15) is 17.2 Å². The Morgan fingerprint density at radius 1 is 1.00 bits per heavy atom. The Labute approximate surface area is 157 Å². The van der Waals surface area contributed by atoms with E-state index in [-0.39, 0.29) is 5.91 Å². The number of hydrogen-bond acceptors (Lipinski definition) is 6. The van der Waals surface area contributed by atoms with Gasteiger partial charge in [-0.2, -0.15) is 0 Å². The molecule has 0 aliphatic heterocycles. The molecular formula is C20H20N4O3. The third kappa shape index (κ3) is 4.72. The topological polar surface area (TPSA) is 85.4 Å². The molecule has 7 heteroatoms. The van der Waals surface area contributed by atoms with Gasteiger partial charge < -0.3 is 20.1 Å². The van der Waals surface area contributed by atoms with Crippen LogP contribution < -0.4 is 20.1 Å². The van der Waals surface area contributed by atoms with Crippen molar-refractivity contribution in [1.82, 2.24) is 9.97 Å². The fraction of sp³-hybridized carbons (Fsp3) is 0.150. The van der Waals surface area contributed by atoms with Crippen molar-refractivity contribution in [1.29, 1.82) is 0 Å². The van der Waals surface area contributed by atoms with Crippen LogP contribution in [0.25, 0.3) is 0 Å². The summed E-state index contributed by atoms with van der Waals surface area (Å²) in [5.74, 6) is 0.817. The summed E-state index contributed by atoms with van der Waals surface area (Å²) in [4.78, 5) is 20.8. The van der Waals surface area contributed by atoms with E-state index in [2.05, 4.69) is 20.6 Å². The Bertz CT molecular complexity index is 916. The number of amides is 1. The van der Waals surface area contributed by atoms with E-state index in [9.17, 15) is 4.79 Å². The number of aromatic nitrogens is 2. The zero-order chi connectivity index (χ0) is 19.1. The van der Waals surface area contributed by atoms with Gasteiger partial charge in [0, 0.05) is 36.9 Å². The van der Waals surface area contributed by atoms with E-state index >= 15 is 0 Å². The lowest BCUT2D eigenvalue weighted by atomic mass is 10.2. The van der Waals surface area contributed by atoms with Gasteiger partial charge in [0.2, 0.25) is 0 Å². The van der Waals surface area contributed by atoms with E-state index in [1.165, 1.54) is 0 Å². The number of rotatable bonds is 7. The Morgan fingerprint density at radius 2 is 1.81 bits per heavy atom. The van der Waals surface area contributed by atoms with Gasteiger partial charge in [-0.1, -0.05) is 0 Å². The molecule has 0 aliphatic carbocycles. The summed E-state index contributed by atoms with van der Waals surface area (Å²) in [6.07, 6.45) is 5.07. The van der Waals surface area contributed by atoms with Gasteiger partial charge >= 0.3 is 0 Å². The number of methoxy groups -OCH3 is 2. The molecule has 3 rings (SSSR count). The Hall–Kier alpha value is -3.61. The van der Waals surface area contributed by atoms with Crippen molar-refractivity contribution in [2.75, 3.05) is 24.9 Å². The second-order valence-electron chi connectivity index (χ2n) is 5.66. The fourth-order valence-corrected chi connectivity index (χ4v) is 2.47. The summed E-state index contributed by atoms with van der Waals surface area (Å²) in [6, 6.07) is 12.5. The lowest BCUT2D eigenvalue weighted by Crippen LogP contribution is -2.15. The van der Waals surface area contributed by atoms with Crippen LogP contribution in [0, 0.1) is 0 Å². The molecule has 1 aromatic carbocycles. The number of carbonyl (C=O) groups is 1. The Morgan fingerprint density at radius 3 is 2.56 bits per heavy atom. The molecule has 0 saturated carbocycles. The Kier molecular flexibility index (Phi) is 5.84. The molecule has 0 bridgehead atoms. The molecule has 0 saturated heterocycles. The molecule has 0 radical (unpaired) electrons. The van der Waals surface area contributed by atoms with Gasteiger partial charge in [-0.3, -0.25) is 14.8 Å². The second kappa shape index (κ2) is 8.66.